The van der Waals surface area contributed by atoms with Gasteiger partial charge in [-0.3, -0.25) is 14.5 Å². The second kappa shape index (κ2) is 11.4. The number of carbonyl (C=O) groups is 2. The Kier molecular flexibility index (Phi) is 8.53. The molecule has 3 aromatic rings. The fourth-order valence-electron chi connectivity index (χ4n) is 3.50. The van der Waals surface area contributed by atoms with Crippen molar-refractivity contribution in [2.75, 3.05) is 20.1 Å². The highest BCUT2D eigenvalue weighted by Gasteiger charge is 2.31. The van der Waals surface area contributed by atoms with Gasteiger partial charge in [-0.15, -0.1) is 0 Å². The van der Waals surface area contributed by atoms with Crippen molar-refractivity contribution in [3.8, 4) is 5.75 Å². The Morgan fingerprint density at radius 1 is 1.00 bits per heavy atom. The lowest BCUT2D eigenvalue weighted by Gasteiger charge is -2.23. The number of aliphatic carboxylic acids is 1. The van der Waals surface area contributed by atoms with Crippen molar-refractivity contribution < 1.29 is 32.6 Å². The van der Waals surface area contributed by atoms with Gasteiger partial charge < -0.3 is 9.84 Å². The number of carbonyl (C=O) groups excluding carboxylic acids is 1. The highest BCUT2D eigenvalue weighted by molar-refractivity contribution is 6.30. The molecule has 0 aliphatic heterocycles. The molecule has 0 spiro atoms. The van der Waals surface area contributed by atoms with Crippen molar-refractivity contribution in [2.45, 2.75) is 18.7 Å². The van der Waals surface area contributed by atoms with Crippen molar-refractivity contribution in [2.24, 2.45) is 0 Å². The third kappa shape index (κ3) is 7.56. The number of ether oxygens (including phenoxy) is 1. The SMILES string of the molecule is CN(CCC(Oc1cccc(C(=O)c2ccc(Cl)cc2)c1)c1cccc(C(F)(F)F)c1)CC(=O)O. The minimum Gasteiger partial charge on any atom is -0.486 e. The molecule has 3 rings (SSSR count). The molecule has 0 amide bonds. The molecular weight excluding hydrogens is 483 g/mol. The summed E-state index contributed by atoms with van der Waals surface area (Å²) in [5, 5.41) is 9.48. The van der Waals surface area contributed by atoms with E-state index in [1.54, 1.807) is 49.5 Å². The Labute approximate surface area is 205 Å². The number of nitrogens with zero attached hydrogens (tertiary/aromatic N) is 1. The molecule has 9 heteroatoms. The van der Waals surface area contributed by atoms with Gasteiger partial charge in [0.25, 0.3) is 0 Å². The van der Waals surface area contributed by atoms with Crippen molar-refractivity contribution in [3.05, 3.63) is 100 Å². The fourth-order valence-corrected chi connectivity index (χ4v) is 3.63. The van der Waals surface area contributed by atoms with Crippen LogP contribution < -0.4 is 4.74 Å². The van der Waals surface area contributed by atoms with Gasteiger partial charge in [-0.05, 0) is 61.1 Å². The number of rotatable bonds is 10. The van der Waals surface area contributed by atoms with E-state index in [1.807, 2.05) is 0 Å². The number of halogens is 4. The van der Waals surface area contributed by atoms with Crippen molar-refractivity contribution in [3.63, 3.8) is 0 Å². The second-order valence-electron chi connectivity index (χ2n) is 8.01. The summed E-state index contributed by atoms with van der Waals surface area (Å²) in [6.45, 7) is 0.0387. The summed E-state index contributed by atoms with van der Waals surface area (Å²) in [4.78, 5) is 25.4. The van der Waals surface area contributed by atoms with Crippen LogP contribution in [0.1, 0.15) is 39.6 Å². The van der Waals surface area contributed by atoms with Crippen molar-refractivity contribution in [1.29, 1.82) is 0 Å². The van der Waals surface area contributed by atoms with Gasteiger partial charge in [0.2, 0.25) is 0 Å². The molecule has 0 aliphatic carbocycles. The van der Waals surface area contributed by atoms with Gasteiger partial charge in [-0.1, -0.05) is 35.9 Å². The maximum Gasteiger partial charge on any atom is 0.416 e. The number of ketones is 1. The molecular formula is C26H23ClF3NO4. The number of benzene rings is 3. The van der Waals surface area contributed by atoms with Gasteiger partial charge in [0.05, 0.1) is 12.1 Å². The third-order valence-corrected chi connectivity index (χ3v) is 5.50. The molecule has 0 heterocycles. The zero-order valence-corrected chi connectivity index (χ0v) is 19.5. The molecule has 0 saturated carbocycles. The molecule has 0 fully saturated rings. The average Bonchev–Trinajstić information content (AvgIpc) is 2.81. The molecule has 3 aromatic carbocycles. The Hall–Kier alpha value is -3.36. The lowest BCUT2D eigenvalue weighted by Crippen LogP contribution is -2.28. The van der Waals surface area contributed by atoms with Crippen LogP contribution in [0, 0.1) is 0 Å². The average molecular weight is 506 g/mol. The summed E-state index contributed by atoms with van der Waals surface area (Å²) in [5.41, 5.74) is 0.249. The van der Waals surface area contributed by atoms with Gasteiger partial charge in [0, 0.05) is 29.1 Å². The molecule has 5 nitrogen and oxygen atoms in total. The molecule has 184 valence electrons. The Bertz CT molecular complexity index is 1180. The highest BCUT2D eigenvalue weighted by Crippen LogP contribution is 2.33. The summed E-state index contributed by atoms with van der Waals surface area (Å²) >= 11 is 5.88. The molecule has 0 bridgehead atoms. The Balaban J connectivity index is 1.87. The van der Waals surface area contributed by atoms with Crippen LogP contribution in [0.3, 0.4) is 0 Å². The van der Waals surface area contributed by atoms with E-state index in [1.165, 1.54) is 23.1 Å². The predicted octanol–water partition coefficient (Wildman–Crippen LogP) is 6.12. The number of hydrogen-bond acceptors (Lipinski definition) is 4. The molecule has 0 aliphatic rings. The van der Waals surface area contributed by atoms with E-state index >= 15 is 0 Å². The fraction of sp³-hybridized carbons (Fsp3) is 0.231. The zero-order chi connectivity index (χ0) is 25.6. The standard InChI is InChI=1S/C26H23ClF3NO4/c1-31(16-24(32)33)13-12-23(18-4-2-6-20(14-18)26(28,29)30)35-22-7-3-5-19(15-22)25(34)17-8-10-21(27)11-9-17/h2-11,14-15,23H,12-13,16H2,1H3,(H,32,33). The summed E-state index contributed by atoms with van der Waals surface area (Å²) in [6, 6.07) is 17.6. The van der Waals surface area contributed by atoms with Gasteiger partial charge in [0.1, 0.15) is 11.9 Å². The molecule has 1 N–H and O–H groups in total. The number of likely N-dealkylation sites (N-methyl/N-ethyl adjacent to an activating group) is 1. The van der Waals surface area contributed by atoms with E-state index in [4.69, 9.17) is 21.4 Å². The van der Waals surface area contributed by atoms with E-state index in [2.05, 4.69) is 0 Å². The first-order valence-electron chi connectivity index (χ1n) is 10.7. The predicted molar refractivity (Wildman–Crippen MR) is 126 cm³/mol. The third-order valence-electron chi connectivity index (χ3n) is 5.24. The largest absolute Gasteiger partial charge is 0.486 e. The van der Waals surface area contributed by atoms with E-state index in [0.717, 1.165) is 12.1 Å². The van der Waals surface area contributed by atoms with Crippen LogP contribution in [0.15, 0.2) is 72.8 Å². The van der Waals surface area contributed by atoms with E-state index < -0.39 is 23.8 Å². The zero-order valence-electron chi connectivity index (χ0n) is 18.8. The van der Waals surface area contributed by atoms with Crippen LogP contribution in [0.2, 0.25) is 5.02 Å². The minimum absolute atomic E-state index is 0.222. The molecule has 1 atom stereocenters. The first-order valence-corrected chi connectivity index (χ1v) is 11.0. The minimum atomic E-state index is -4.52. The van der Waals surface area contributed by atoms with Crippen LogP contribution >= 0.6 is 11.6 Å². The lowest BCUT2D eigenvalue weighted by atomic mass is 10.0. The topological polar surface area (TPSA) is 66.8 Å². The van der Waals surface area contributed by atoms with Crippen molar-refractivity contribution in [1.82, 2.24) is 4.90 Å². The van der Waals surface area contributed by atoms with Crippen LogP contribution in [0.4, 0.5) is 13.2 Å². The van der Waals surface area contributed by atoms with Crippen LogP contribution in [0.25, 0.3) is 0 Å². The number of carboxylic acids is 1. The Morgan fingerprint density at radius 3 is 2.34 bits per heavy atom. The van der Waals surface area contributed by atoms with E-state index in [9.17, 15) is 22.8 Å². The smallest absolute Gasteiger partial charge is 0.416 e. The number of alkyl halides is 3. The first kappa shape index (κ1) is 26.2. The first-order chi connectivity index (χ1) is 16.5. The maximum absolute atomic E-state index is 13.3. The number of carboxylic acid groups (broad SMARTS) is 1. The summed E-state index contributed by atoms with van der Waals surface area (Å²) in [6.07, 6.45) is -5.11. The van der Waals surface area contributed by atoms with Gasteiger partial charge in [-0.2, -0.15) is 13.2 Å². The lowest BCUT2D eigenvalue weighted by molar-refractivity contribution is -0.138. The van der Waals surface area contributed by atoms with Gasteiger partial charge >= 0.3 is 12.1 Å². The van der Waals surface area contributed by atoms with Crippen LogP contribution in [-0.2, 0) is 11.0 Å². The number of hydrogen-bond donors (Lipinski definition) is 1. The monoisotopic (exact) mass is 505 g/mol. The van der Waals surface area contributed by atoms with Gasteiger partial charge in [0.15, 0.2) is 5.78 Å². The molecule has 35 heavy (non-hydrogen) atoms. The van der Waals surface area contributed by atoms with Gasteiger partial charge in [-0.25, -0.2) is 0 Å². The molecule has 0 aromatic heterocycles. The normalized spacial score (nSPS) is 12.4. The van der Waals surface area contributed by atoms with E-state index in [0.29, 0.717) is 21.9 Å². The summed E-state index contributed by atoms with van der Waals surface area (Å²) in [5.74, 6) is -0.977. The summed E-state index contributed by atoms with van der Waals surface area (Å²) < 4.78 is 45.9. The Morgan fingerprint density at radius 2 is 1.69 bits per heavy atom. The maximum atomic E-state index is 13.3. The molecule has 1 unspecified atom stereocenters. The second-order valence-corrected chi connectivity index (χ2v) is 8.45. The molecule has 0 radical (unpaired) electrons. The van der Waals surface area contributed by atoms with Crippen LogP contribution in [-0.4, -0.2) is 41.9 Å². The van der Waals surface area contributed by atoms with Crippen LogP contribution in [0.5, 0.6) is 5.75 Å². The quantitative estimate of drug-likeness (QED) is 0.336. The van der Waals surface area contributed by atoms with Crippen molar-refractivity contribution >= 4 is 23.4 Å². The summed E-state index contributed by atoms with van der Waals surface area (Å²) in [7, 11) is 1.60. The highest BCUT2D eigenvalue weighted by atomic mass is 35.5. The molecule has 0 saturated heterocycles. The van der Waals surface area contributed by atoms with E-state index in [-0.39, 0.29) is 30.9 Å².